The lowest BCUT2D eigenvalue weighted by molar-refractivity contribution is 0.0934. The molecule has 1 N–H and O–H groups in total. The third-order valence-electron chi connectivity index (χ3n) is 4.46. The quantitative estimate of drug-likeness (QED) is 0.636. The van der Waals surface area contributed by atoms with Crippen LogP contribution in [0.1, 0.15) is 27.7 Å². The van der Waals surface area contributed by atoms with Gasteiger partial charge in [-0.15, -0.1) is 0 Å². The summed E-state index contributed by atoms with van der Waals surface area (Å²) in [5.41, 5.74) is 1.71. The minimum absolute atomic E-state index is 0.162. The lowest BCUT2D eigenvalue weighted by atomic mass is 9.98. The molecule has 2 aromatic carbocycles. The molecule has 0 aliphatic heterocycles. The summed E-state index contributed by atoms with van der Waals surface area (Å²) in [7, 11) is 3.15. The molecule has 0 saturated heterocycles. The van der Waals surface area contributed by atoms with Crippen molar-refractivity contribution < 1.29 is 14.3 Å². The van der Waals surface area contributed by atoms with Crippen molar-refractivity contribution >= 4 is 5.91 Å². The van der Waals surface area contributed by atoms with Gasteiger partial charge in [0.2, 0.25) is 0 Å². The van der Waals surface area contributed by atoms with E-state index in [-0.39, 0.29) is 29.7 Å². The van der Waals surface area contributed by atoms with Crippen molar-refractivity contribution in [1.29, 1.82) is 0 Å². The second-order valence-corrected chi connectivity index (χ2v) is 6.36. The Bertz CT molecular complexity index is 1000. The van der Waals surface area contributed by atoms with E-state index in [0.29, 0.717) is 6.61 Å². The topological polar surface area (TPSA) is 82.5 Å². The van der Waals surface area contributed by atoms with Gasteiger partial charge in [0.1, 0.15) is 11.4 Å². The van der Waals surface area contributed by atoms with Crippen molar-refractivity contribution in [2.75, 3.05) is 20.8 Å². The highest BCUT2D eigenvalue weighted by Gasteiger charge is 2.19. The lowest BCUT2D eigenvalue weighted by Gasteiger charge is -2.20. The fourth-order valence-electron chi connectivity index (χ4n) is 2.91. The van der Waals surface area contributed by atoms with Gasteiger partial charge in [-0.3, -0.25) is 9.59 Å². The molecule has 29 heavy (non-hydrogen) atoms. The van der Waals surface area contributed by atoms with Gasteiger partial charge >= 0.3 is 0 Å². The Labute approximate surface area is 168 Å². The number of ether oxygens (including phenoxy) is 2. The first kappa shape index (κ1) is 20.3. The summed E-state index contributed by atoms with van der Waals surface area (Å²) in [5.74, 6) is 0.361. The summed E-state index contributed by atoms with van der Waals surface area (Å²) in [6, 6.07) is 19.5. The summed E-state index contributed by atoms with van der Waals surface area (Å²) >= 11 is 0. The molecule has 0 spiro atoms. The predicted octanol–water partition coefficient (Wildman–Crippen LogP) is 2.42. The summed E-state index contributed by atoms with van der Waals surface area (Å²) in [5, 5.41) is 7.19. The number of hydrogen-bond acceptors (Lipinski definition) is 5. The zero-order valence-corrected chi connectivity index (χ0v) is 16.4. The molecule has 1 amide bonds. The van der Waals surface area contributed by atoms with E-state index in [1.165, 1.54) is 16.8 Å². The van der Waals surface area contributed by atoms with Crippen LogP contribution >= 0.6 is 0 Å². The fourth-order valence-corrected chi connectivity index (χ4v) is 2.91. The minimum atomic E-state index is -0.379. The number of hydrogen-bond donors (Lipinski definition) is 1. The molecule has 150 valence electrons. The van der Waals surface area contributed by atoms with Crippen molar-refractivity contribution in [2.24, 2.45) is 0 Å². The van der Waals surface area contributed by atoms with Crippen molar-refractivity contribution in [2.45, 2.75) is 12.6 Å². The molecule has 7 nitrogen and oxygen atoms in total. The van der Waals surface area contributed by atoms with Crippen LogP contribution in [0.4, 0.5) is 0 Å². The Morgan fingerprint density at radius 2 is 1.69 bits per heavy atom. The molecule has 1 aromatic heterocycles. The van der Waals surface area contributed by atoms with Crippen molar-refractivity contribution in [1.82, 2.24) is 15.1 Å². The van der Waals surface area contributed by atoms with Crippen LogP contribution in [0.3, 0.4) is 0 Å². The number of nitrogens with one attached hydrogen (secondary N) is 1. The average molecular weight is 393 g/mol. The molecule has 0 aliphatic carbocycles. The molecule has 0 saturated carbocycles. The third-order valence-corrected chi connectivity index (χ3v) is 4.46. The van der Waals surface area contributed by atoms with E-state index in [9.17, 15) is 9.59 Å². The molecule has 0 radical (unpaired) electrons. The zero-order chi connectivity index (χ0) is 20.6. The van der Waals surface area contributed by atoms with E-state index in [2.05, 4.69) is 10.4 Å². The Hall–Kier alpha value is -3.45. The van der Waals surface area contributed by atoms with Gasteiger partial charge in [-0.2, -0.15) is 5.10 Å². The molecular weight excluding hydrogens is 370 g/mol. The Morgan fingerprint density at radius 1 is 1.00 bits per heavy atom. The maximum absolute atomic E-state index is 12.9. The van der Waals surface area contributed by atoms with Gasteiger partial charge in [-0.1, -0.05) is 42.5 Å². The molecular formula is C22H23N3O4. The van der Waals surface area contributed by atoms with Crippen molar-refractivity contribution in [3.05, 3.63) is 93.9 Å². The van der Waals surface area contributed by atoms with Gasteiger partial charge in [0.25, 0.3) is 11.5 Å². The van der Waals surface area contributed by atoms with E-state index in [1.807, 2.05) is 54.6 Å². The smallest absolute Gasteiger partial charge is 0.272 e. The Balaban J connectivity index is 1.89. The number of nitrogens with zero attached hydrogens (tertiary/aromatic N) is 2. The summed E-state index contributed by atoms with van der Waals surface area (Å²) < 4.78 is 11.4. The molecule has 3 aromatic rings. The number of benzene rings is 2. The molecule has 0 bridgehead atoms. The molecule has 7 heteroatoms. The number of amides is 1. The van der Waals surface area contributed by atoms with Gasteiger partial charge in [0.05, 0.1) is 26.3 Å². The first-order chi connectivity index (χ1) is 14.1. The Morgan fingerprint density at radius 3 is 2.34 bits per heavy atom. The summed E-state index contributed by atoms with van der Waals surface area (Å²) in [6.45, 7) is 0.605. The van der Waals surface area contributed by atoms with Gasteiger partial charge in [0.15, 0.2) is 0 Å². The van der Waals surface area contributed by atoms with Crippen LogP contribution in [0, 0.1) is 0 Å². The first-order valence-corrected chi connectivity index (χ1v) is 9.19. The summed E-state index contributed by atoms with van der Waals surface area (Å²) in [4.78, 5) is 24.8. The standard InChI is InChI=1S/C22H23N3O4/c1-28-15-14-25-20(26)13-12-19(24-25)22(27)23-21(16-6-4-3-5-7-16)17-8-10-18(29-2)11-9-17/h3-13,21H,14-15H2,1-2H3,(H,23,27). The van der Waals surface area contributed by atoms with E-state index < -0.39 is 0 Å². The van der Waals surface area contributed by atoms with Crippen molar-refractivity contribution in [3.8, 4) is 5.75 Å². The second kappa shape index (κ2) is 9.66. The monoisotopic (exact) mass is 393 g/mol. The highest BCUT2D eigenvalue weighted by atomic mass is 16.5. The van der Waals surface area contributed by atoms with Crippen LogP contribution in [0.2, 0.25) is 0 Å². The minimum Gasteiger partial charge on any atom is -0.497 e. The first-order valence-electron chi connectivity index (χ1n) is 9.19. The SMILES string of the molecule is COCCn1nc(C(=O)NC(c2ccccc2)c2ccc(OC)cc2)ccc1=O. The third kappa shape index (κ3) is 5.08. The van der Waals surface area contributed by atoms with E-state index >= 15 is 0 Å². The molecule has 1 unspecified atom stereocenters. The average Bonchev–Trinajstić information content (AvgIpc) is 2.77. The normalized spacial score (nSPS) is 11.7. The molecule has 1 heterocycles. The van der Waals surface area contributed by atoms with E-state index in [1.54, 1.807) is 14.2 Å². The van der Waals surface area contributed by atoms with Gasteiger partial charge in [-0.25, -0.2) is 4.68 Å². The maximum Gasteiger partial charge on any atom is 0.272 e. The fraction of sp³-hybridized carbons (Fsp3) is 0.227. The highest BCUT2D eigenvalue weighted by molar-refractivity contribution is 5.92. The number of methoxy groups -OCH3 is 2. The number of rotatable bonds is 8. The number of carbonyl (C=O) groups excluding carboxylic acids is 1. The molecule has 0 fully saturated rings. The van der Waals surface area contributed by atoms with Gasteiger partial charge in [-0.05, 0) is 29.3 Å². The summed E-state index contributed by atoms with van der Waals surface area (Å²) in [6.07, 6.45) is 0. The second-order valence-electron chi connectivity index (χ2n) is 6.36. The van der Waals surface area contributed by atoms with Gasteiger partial charge < -0.3 is 14.8 Å². The van der Waals surface area contributed by atoms with Crippen LogP contribution in [-0.4, -0.2) is 36.5 Å². The van der Waals surface area contributed by atoms with Crippen LogP contribution in [0.5, 0.6) is 5.75 Å². The van der Waals surface area contributed by atoms with Crippen molar-refractivity contribution in [3.63, 3.8) is 0 Å². The van der Waals surface area contributed by atoms with Crippen LogP contribution in [-0.2, 0) is 11.3 Å². The molecule has 0 aliphatic rings. The maximum atomic E-state index is 12.9. The highest BCUT2D eigenvalue weighted by Crippen LogP contribution is 2.24. The largest absolute Gasteiger partial charge is 0.497 e. The molecule has 1 atom stereocenters. The lowest BCUT2D eigenvalue weighted by Crippen LogP contribution is -2.33. The van der Waals surface area contributed by atoms with E-state index in [0.717, 1.165) is 16.9 Å². The predicted molar refractivity (Wildman–Crippen MR) is 109 cm³/mol. The number of carbonyl (C=O) groups is 1. The van der Waals surface area contributed by atoms with Gasteiger partial charge in [0, 0.05) is 13.2 Å². The molecule has 3 rings (SSSR count). The zero-order valence-electron chi connectivity index (χ0n) is 16.4. The van der Waals surface area contributed by atoms with E-state index in [4.69, 9.17) is 9.47 Å². The number of aromatic nitrogens is 2. The van der Waals surface area contributed by atoms with Crippen LogP contribution in [0.25, 0.3) is 0 Å². The van der Waals surface area contributed by atoms with Crippen LogP contribution in [0.15, 0.2) is 71.5 Å². The Kier molecular flexibility index (Phi) is 6.76. The van der Waals surface area contributed by atoms with Crippen LogP contribution < -0.4 is 15.6 Å².